The minimum absolute atomic E-state index is 0.433. The Morgan fingerprint density at radius 2 is 2.17 bits per heavy atom. The first kappa shape index (κ1) is 14.8. The number of aromatic nitrogens is 6. The topological polar surface area (TPSA) is 81.9 Å². The number of ether oxygens (including phenoxy) is 1. The molecule has 0 spiro atoms. The fraction of sp³-hybridized carbons (Fsp3) is 0.438. The Labute approximate surface area is 139 Å². The van der Waals surface area contributed by atoms with Crippen LogP contribution in [0.2, 0.25) is 0 Å². The molecule has 24 heavy (non-hydrogen) atoms. The highest BCUT2D eigenvalue weighted by molar-refractivity contribution is 5.86. The zero-order valence-corrected chi connectivity index (χ0v) is 13.5. The molecule has 0 aliphatic carbocycles. The number of fused-ring (bicyclic) bond motifs is 1. The Kier molecular flexibility index (Phi) is 3.94. The highest BCUT2D eigenvalue weighted by Crippen LogP contribution is 2.27. The van der Waals surface area contributed by atoms with Crippen molar-refractivity contribution in [1.29, 1.82) is 0 Å². The third-order valence-electron chi connectivity index (χ3n) is 4.33. The highest BCUT2D eigenvalue weighted by Gasteiger charge is 2.23. The van der Waals surface area contributed by atoms with Gasteiger partial charge in [0.15, 0.2) is 5.65 Å². The molecule has 0 amide bonds. The number of nitrogens with zero attached hydrogens (tertiary/aromatic N) is 7. The van der Waals surface area contributed by atoms with Crippen LogP contribution in [0.4, 0.5) is 5.82 Å². The molecule has 0 radical (unpaired) electrons. The van der Waals surface area contributed by atoms with Gasteiger partial charge in [0.05, 0.1) is 24.4 Å². The summed E-state index contributed by atoms with van der Waals surface area (Å²) in [4.78, 5) is 19.3. The summed E-state index contributed by atoms with van der Waals surface area (Å²) in [5.41, 5.74) is 0.859. The van der Waals surface area contributed by atoms with Gasteiger partial charge in [0.2, 0.25) is 5.88 Å². The lowest BCUT2D eigenvalue weighted by Crippen LogP contribution is -2.38. The first-order valence-electron chi connectivity index (χ1n) is 8.08. The fourth-order valence-electron chi connectivity index (χ4n) is 3.16. The summed E-state index contributed by atoms with van der Waals surface area (Å²) in [5.74, 6) is 1.96. The van der Waals surface area contributed by atoms with Gasteiger partial charge >= 0.3 is 0 Å². The minimum Gasteiger partial charge on any atom is -0.476 e. The molecule has 1 unspecified atom stereocenters. The molecule has 0 N–H and O–H groups in total. The number of hydrogen-bond acceptors (Lipinski definition) is 7. The normalized spacial score (nSPS) is 18.0. The van der Waals surface area contributed by atoms with Crippen LogP contribution in [0.1, 0.15) is 12.8 Å². The van der Waals surface area contributed by atoms with E-state index in [2.05, 4.69) is 29.9 Å². The summed E-state index contributed by atoms with van der Waals surface area (Å²) >= 11 is 0. The molecule has 0 aromatic carbocycles. The predicted molar refractivity (Wildman–Crippen MR) is 88.8 cm³/mol. The third-order valence-corrected chi connectivity index (χ3v) is 4.33. The molecule has 124 valence electrons. The Morgan fingerprint density at radius 3 is 3.04 bits per heavy atom. The van der Waals surface area contributed by atoms with Gasteiger partial charge in [-0.3, -0.25) is 9.67 Å². The van der Waals surface area contributed by atoms with E-state index in [1.54, 1.807) is 29.6 Å². The summed E-state index contributed by atoms with van der Waals surface area (Å²) in [6.07, 6.45) is 10.6. The van der Waals surface area contributed by atoms with Crippen LogP contribution >= 0.6 is 0 Å². The molecule has 4 heterocycles. The van der Waals surface area contributed by atoms with Crippen LogP contribution in [-0.4, -0.2) is 49.4 Å². The van der Waals surface area contributed by atoms with Crippen LogP contribution in [0.15, 0.2) is 31.1 Å². The monoisotopic (exact) mass is 325 g/mol. The first-order valence-corrected chi connectivity index (χ1v) is 8.08. The van der Waals surface area contributed by atoms with Gasteiger partial charge in [-0.2, -0.15) is 5.10 Å². The lowest BCUT2D eigenvalue weighted by Gasteiger charge is -2.33. The van der Waals surface area contributed by atoms with Crippen molar-refractivity contribution in [1.82, 2.24) is 29.7 Å². The number of rotatable bonds is 4. The molecule has 8 nitrogen and oxygen atoms in total. The van der Waals surface area contributed by atoms with Crippen molar-refractivity contribution in [2.75, 3.05) is 24.6 Å². The second-order valence-electron chi connectivity index (χ2n) is 6.01. The van der Waals surface area contributed by atoms with Crippen LogP contribution < -0.4 is 9.64 Å². The van der Waals surface area contributed by atoms with E-state index in [0.29, 0.717) is 18.4 Å². The van der Waals surface area contributed by atoms with E-state index in [1.165, 1.54) is 0 Å². The van der Waals surface area contributed by atoms with E-state index >= 15 is 0 Å². The fourth-order valence-corrected chi connectivity index (χ4v) is 3.16. The van der Waals surface area contributed by atoms with E-state index in [4.69, 9.17) is 4.74 Å². The molecule has 1 atom stereocenters. The molecule has 1 saturated heterocycles. The summed E-state index contributed by atoms with van der Waals surface area (Å²) in [7, 11) is 1.90. The van der Waals surface area contributed by atoms with E-state index in [1.807, 2.05) is 13.2 Å². The van der Waals surface area contributed by atoms with Crippen molar-refractivity contribution in [3.63, 3.8) is 0 Å². The number of hydrogen-bond donors (Lipinski definition) is 0. The molecule has 4 rings (SSSR count). The van der Waals surface area contributed by atoms with Crippen LogP contribution in [0, 0.1) is 5.92 Å². The Hall–Kier alpha value is -2.77. The van der Waals surface area contributed by atoms with Gasteiger partial charge in [0, 0.05) is 38.4 Å². The Morgan fingerprint density at radius 1 is 1.21 bits per heavy atom. The smallest absolute Gasteiger partial charge is 0.232 e. The van der Waals surface area contributed by atoms with Crippen LogP contribution in [0.3, 0.4) is 0 Å². The van der Waals surface area contributed by atoms with E-state index in [-0.39, 0.29) is 0 Å². The summed E-state index contributed by atoms with van der Waals surface area (Å²) < 4.78 is 7.55. The van der Waals surface area contributed by atoms with Crippen molar-refractivity contribution in [2.45, 2.75) is 12.8 Å². The second-order valence-corrected chi connectivity index (χ2v) is 6.01. The van der Waals surface area contributed by atoms with Crippen molar-refractivity contribution in [3.05, 3.63) is 31.1 Å². The van der Waals surface area contributed by atoms with Crippen LogP contribution in [0.25, 0.3) is 11.0 Å². The second kappa shape index (κ2) is 6.38. The molecular weight excluding hydrogens is 306 g/mol. The van der Waals surface area contributed by atoms with Crippen molar-refractivity contribution < 1.29 is 4.74 Å². The lowest BCUT2D eigenvalue weighted by atomic mass is 9.99. The first-order chi connectivity index (χ1) is 11.8. The molecule has 8 heteroatoms. The average Bonchev–Trinajstić information content (AvgIpc) is 3.02. The molecule has 3 aromatic heterocycles. The number of aryl methyl sites for hydroxylation is 1. The van der Waals surface area contributed by atoms with Gasteiger partial charge in [-0.25, -0.2) is 15.0 Å². The average molecular weight is 325 g/mol. The molecule has 0 saturated carbocycles. The quantitative estimate of drug-likeness (QED) is 0.718. The summed E-state index contributed by atoms with van der Waals surface area (Å²) in [5, 5.41) is 5.29. The predicted octanol–water partition coefficient (Wildman–Crippen LogP) is 1.45. The molecular formula is C16H19N7O. The van der Waals surface area contributed by atoms with Crippen LogP contribution in [-0.2, 0) is 7.05 Å². The Balaban J connectivity index is 1.48. The summed E-state index contributed by atoms with van der Waals surface area (Å²) in [6.45, 7) is 2.53. The maximum absolute atomic E-state index is 5.77. The van der Waals surface area contributed by atoms with Crippen LogP contribution in [0.5, 0.6) is 5.88 Å². The van der Waals surface area contributed by atoms with Gasteiger partial charge in [-0.05, 0) is 12.8 Å². The molecule has 3 aromatic rings. The van der Waals surface area contributed by atoms with Crippen molar-refractivity contribution in [3.8, 4) is 5.88 Å². The lowest BCUT2D eigenvalue weighted by molar-refractivity contribution is 0.221. The number of piperidine rings is 1. The van der Waals surface area contributed by atoms with E-state index in [9.17, 15) is 0 Å². The molecule has 1 aliphatic heterocycles. The van der Waals surface area contributed by atoms with Gasteiger partial charge in [0.25, 0.3) is 0 Å². The zero-order chi connectivity index (χ0) is 16.4. The summed E-state index contributed by atoms with van der Waals surface area (Å²) in [6, 6.07) is 0. The Bertz CT molecular complexity index is 820. The molecule has 1 fully saturated rings. The number of anilines is 1. The maximum Gasteiger partial charge on any atom is 0.232 e. The zero-order valence-electron chi connectivity index (χ0n) is 13.5. The van der Waals surface area contributed by atoms with Gasteiger partial charge in [-0.15, -0.1) is 0 Å². The van der Waals surface area contributed by atoms with Gasteiger partial charge in [0.1, 0.15) is 12.1 Å². The van der Waals surface area contributed by atoms with Gasteiger partial charge in [-0.1, -0.05) is 0 Å². The van der Waals surface area contributed by atoms with Gasteiger partial charge < -0.3 is 9.64 Å². The highest BCUT2D eigenvalue weighted by atomic mass is 16.5. The minimum atomic E-state index is 0.433. The molecule has 1 aliphatic rings. The SMILES string of the molecule is Cn1ncc2c(N3CCCC(COc4cnccn4)C3)ncnc21. The standard InChI is InChI=1S/C16H19N7O/c1-22-15-13(7-21-22)16(20-11-19-15)23-6-2-3-12(9-23)10-24-14-8-17-4-5-18-14/h4-5,7-8,11-12H,2-3,6,9-10H2,1H3. The maximum atomic E-state index is 5.77. The van der Waals surface area contributed by atoms with Crippen molar-refractivity contribution in [2.24, 2.45) is 13.0 Å². The van der Waals surface area contributed by atoms with E-state index < -0.39 is 0 Å². The van der Waals surface area contributed by atoms with Crippen molar-refractivity contribution >= 4 is 16.9 Å². The largest absolute Gasteiger partial charge is 0.476 e. The molecule has 0 bridgehead atoms. The third kappa shape index (κ3) is 2.86. The van der Waals surface area contributed by atoms with E-state index in [0.717, 1.165) is 42.8 Å².